The van der Waals surface area contributed by atoms with Crippen molar-refractivity contribution < 1.29 is 19.1 Å². The lowest BCUT2D eigenvalue weighted by Crippen LogP contribution is -2.34. The van der Waals surface area contributed by atoms with E-state index in [-0.39, 0.29) is 24.3 Å². The van der Waals surface area contributed by atoms with Crippen molar-refractivity contribution in [3.05, 3.63) is 28.3 Å². The quantitative estimate of drug-likeness (QED) is 0.877. The lowest BCUT2D eigenvalue weighted by Gasteiger charge is -2.11. The third-order valence-electron chi connectivity index (χ3n) is 4.14. The van der Waals surface area contributed by atoms with E-state index in [1.54, 1.807) is 18.3 Å². The van der Waals surface area contributed by atoms with Gasteiger partial charge in [0.05, 0.1) is 18.0 Å². The van der Waals surface area contributed by atoms with Gasteiger partial charge >= 0.3 is 5.97 Å². The van der Waals surface area contributed by atoms with Crippen LogP contribution in [-0.4, -0.2) is 28.0 Å². The van der Waals surface area contributed by atoms with Gasteiger partial charge in [-0.15, -0.1) is 0 Å². The number of hydrogen-bond donors (Lipinski definition) is 2. The van der Waals surface area contributed by atoms with E-state index in [1.165, 1.54) is 0 Å². The van der Waals surface area contributed by atoms with Gasteiger partial charge in [0.15, 0.2) is 0 Å². The fourth-order valence-corrected chi connectivity index (χ4v) is 3.50. The summed E-state index contributed by atoms with van der Waals surface area (Å²) >= 11 is 1.56. The Bertz CT molecular complexity index is 708. The summed E-state index contributed by atoms with van der Waals surface area (Å²) < 4.78 is 5.62. The first-order valence-corrected chi connectivity index (χ1v) is 8.48. The SMILES string of the molecule is Cc1oc(-c2ccsc2)nc1CC(=O)N[C@@H]1CC[C@H](C(=O)O)C1. The molecule has 1 aliphatic rings. The van der Waals surface area contributed by atoms with Gasteiger partial charge in [-0.3, -0.25) is 9.59 Å². The third-order valence-corrected chi connectivity index (χ3v) is 4.82. The Morgan fingerprint density at radius 2 is 2.30 bits per heavy atom. The molecular weight excluding hydrogens is 316 g/mol. The van der Waals surface area contributed by atoms with Gasteiger partial charge in [-0.05, 0) is 37.6 Å². The number of nitrogens with one attached hydrogen (secondary N) is 1. The molecule has 0 aromatic carbocycles. The zero-order chi connectivity index (χ0) is 16.4. The molecule has 2 N–H and O–H groups in total. The molecule has 3 rings (SSSR count). The topological polar surface area (TPSA) is 92.4 Å². The van der Waals surface area contributed by atoms with E-state index in [9.17, 15) is 9.59 Å². The molecule has 0 saturated heterocycles. The molecule has 6 nitrogen and oxygen atoms in total. The van der Waals surface area contributed by atoms with Crippen molar-refractivity contribution in [1.29, 1.82) is 0 Å². The summed E-state index contributed by atoms with van der Waals surface area (Å²) in [6, 6.07) is 1.86. The van der Waals surface area contributed by atoms with Gasteiger partial charge in [0, 0.05) is 17.0 Å². The number of carboxylic acid groups (broad SMARTS) is 1. The molecule has 7 heteroatoms. The van der Waals surface area contributed by atoms with E-state index >= 15 is 0 Å². The number of thiophene rings is 1. The standard InChI is InChI=1S/C16H18N2O4S/c1-9-13(18-15(22-9)11-4-5-23-8-11)7-14(19)17-12-3-2-10(6-12)16(20)21/h4-5,8,10,12H,2-3,6-7H2,1H3,(H,17,19)(H,20,21)/t10-,12+/m0/s1. The van der Waals surface area contributed by atoms with Crippen LogP contribution >= 0.6 is 11.3 Å². The van der Waals surface area contributed by atoms with Gasteiger partial charge in [-0.2, -0.15) is 11.3 Å². The summed E-state index contributed by atoms with van der Waals surface area (Å²) in [5, 5.41) is 15.8. The Balaban J connectivity index is 1.59. The molecule has 0 spiro atoms. The zero-order valence-electron chi connectivity index (χ0n) is 12.7. The number of aryl methyl sites for hydroxylation is 1. The molecule has 2 heterocycles. The maximum Gasteiger partial charge on any atom is 0.306 e. The van der Waals surface area contributed by atoms with Crippen LogP contribution in [0.1, 0.15) is 30.7 Å². The molecule has 1 aliphatic carbocycles. The number of carbonyl (C=O) groups is 2. The average Bonchev–Trinajstić information content (AvgIpc) is 3.20. The van der Waals surface area contributed by atoms with Crippen LogP contribution in [0.2, 0.25) is 0 Å². The second-order valence-corrected chi connectivity index (χ2v) is 6.60. The van der Waals surface area contributed by atoms with E-state index in [0.29, 0.717) is 36.6 Å². The van der Waals surface area contributed by atoms with Crippen molar-refractivity contribution in [2.75, 3.05) is 0 Å². The van der Waals surface area contributed by atoms with Crippen LogP contribution in [0.25, 0.3) is 11.5 Å². The van der Waals surface area contributed by atoms with Gasteiger partial charge < -0.3 is 14.8 Å². The number of aromatic nitrogens is 1. The predicted molar refractivity (Wildman–Crippen MR) is 85.2 cm³/mol. The molecule has 122 valence electrons. The highest BCUT2D eigenvalue weighted by Crippen LogP contribution is 2.26. The third kappa shape index (κ3) is 3.61. The monoisotopic (exact) mass is 334 g/mol. The van der Waals surface area contributed by atoms with E-state index < -0.39 is 5.97 Å². The van der Waals surface area contributed by atoms with E-state index in [1.807, 2.05) is 16.8 Å². The summed E-state index contributed by atoms with van der Waals surface area (Å²) in [7, 11) is 0. The van der Waals surface area contributed by atoms with Gasteiger partial charge in [-0.1, -0.05) is 0 Å². The van der Waals surface area contributed by atoms with Crippen LogP contribution in [0.4, 0.5) is 0 Å². The number of aliphatic carboxylic acids is 1. The molecule has 1 fully saturated rings. The molecular formula is C16H18N2O4S. The Morgan fingerprint density at radius 1 is 1.48 bits per heavy atom. The number of amides is 1. The van der Waals surface area contributed by atoms with Crippen molar-refractivity contribution in [2.24, 2.45) is 5.92 Å². The largest absolute Gasteiger partial charge is 0.481 e. The normalized spacial score (nSPS) is 20.6. The summed E-state index contributed by atoms with van der Waals surface area (Å²) in [4.78, 5) is 27.5. The first kappa shape index (κ1) is 15.7. The maximum absolute atomic E-state index is 12.2. The number of carbonyl (C=O) groups excluding carboxylic acids is 1. The number of hydrogen-bond acceptors (Lipinski definition) is 5. The Hall–Kier alpha value is -2.15. The van der Waals surface area contributed by atoms with Crippen molar-refractivity contribution in [2.45, 2.75) is 38.6 Å². The van der Waals surface area contributed by atoms with Gasteiger partial charge in [0.25, 0.3) is 0 Å². The van der Waals surface area contributed by atoms with Gasteiger partial charge in [0.1, 0.15) is 5.76 Å². The highest BCUT2D eigenvalue weighted by atomic mass is 32.1. The first-order valence-electron chi connectivity index (χ1n) is 7.54. The van der Waals surface area contributed by atoms with Crippen LogP contribution < -0.4 is 5.32 Å². The molecule has 0 radical (unpaired) electrons. The van der Waals surface area contributed by atoms with Crippen molar-refractivity contribution in [3.8, 4) is 11.5 Å². The summed E-state index contributed by atoms with van der Waals surface area (Å²) in [5.41, 5.74) is 1.53. The second kappa shape index (κ2) is 6.54. The molecule has 1 amide bonds. The minimum atomic E-state index is -0.783. The number of carboxylic acids is 1. The van der Waals surface area contributed by atoms with Crippen molar-refractivity contribution in [1.82, 2.24) is 10.3 Å². The molecule has 2 aromatic heterocycles. The van der Waals surface area contributed by atoms with Crippen LogP contribution in [-0.2, 0) is 16.0 Å². The van der Waals surface area contributed by atoms with Crippen LogP contribution in [0.3, 0.4) is 0 Å². The fourth-order valence-electron chi connectivity index (χ4n) is 2.87. The van der Waals surface area contributed by atoms with Crippen LogP contribution in [0.5, 0.6) is 0 Å². The first-order chi connectivity index (χ1) is 11.0. The van der Waals surface area contributed by atoms with E-state index in [0.717, 1.165) is 5.56 Å². The molecule has 0 aliphatic heterocycles. The molecule has 0 unspecified atom stereocenters. The minimum absolute atomic E-state index is 0.0628. The minimum Gasteiger partial charge on any atom is -0.481 e. The van der Waals surface area contributed by atoms with Crippen molar-refractivity contribution in [3.63, 3.8) is 0 Å². The predicted octanol–water partition coefficient (Wildman–Crippen LogP) is 2.62. The van der Waals surface area contributed by atoms with Crippen LogP contribution in [0.15, 0.2) is 21.2 Å². The van der Waals surface area contributed by atoms with Crippen LogP contribution in [0, 0.1) is 12.8 Å². The highest BCUT2D eigenvalue weighted by molar-refractivity contribution is 7.08. The summed E-state index contributed by atoms with van der Waals surface area (Å²) in [5.74, 6) is -0.113. The molecule has 2 atom stereocenters. The number of rotatable bonds is 5. The molecule has 1 saturated carbocycles. The summed E-state index contributed by atoms with van der Waals surface area (Å²) in [6.45, 7) is 1.79. The number of oxazole rings is 1. The fraction of sp³-hybridized carbons (Fsp3) is 0.438. The smallest absolute Gasteiger partial charge is 0.306 e. The van der Waals surface area contributed by atoms with Crippen molar-refractivity contribution >= 4 is 23.2 Å². The van der Waals surface area contributed by atoms with Gasteiger partial charge in [0.2, 0.25) is 11.8 Å². The van der Waals surface area contributed by atoms with Gasteiger partial charge in [-0.25, -0.2) is 4.98 Å². The highest BCUT2D eigenvalue weighted by Gasteiger charge is 2.30. The number of nitrogens with zero attached hydrogens (tertiary/aromatic N) is 1. The Kier molecular flexibility index (Phi) is 4.47. The lowest BCUT2D eigenvalue weighted by atomic mass is 10.1. The Morgan fingerprint density at radius 3 is 2.96 bits per heavy atom. The average molecular weight is 334 g/mol. The zero-order valence-corrected chi connectivity index (χ0v) is 13.6. The molecule has 23 heavy (non-hydrogen) atoms. The van der Waals surface area contributed by atoms with E-state index in [4.69, 9.17) is 9.52 Å². The molecule has 2 aromatic rings. The molecule has 0 bridgehead atoms. The lowest BCUT2D eigenvalue weighted by molar-refractivity contribution is -0.141. The summed E-state index contributed by atoms with van der Waals surface area (Å²) in [6.07, 6.45) is 1.97. The second-order valence-electron chi connectivity index (χ2n) is 5.82. The van der Waals surface area contributed by atoms with E-state index in [2.05, 4.69) is 10.3 Å². The Labute approximate surface area is 137 Å². The maximum atomic E-state index is 12.2.